The van der Waals surface area contributed by atoms with Gasteiger partial charge in [0.05, 0.1) is 13.3 Å². The van der Waals surface area contributed by atoms with Gasteiger partial charge >= 0.3 is 0 Å². The first-order chi connectivity index (χ1) is 5.79. The van der Waals surface area contributed by atoms with Crippen molar-refractivity contribution in [3.63, 3.8) is 0 Å². The molecule has 0 atom stereocenters. The number of oxime groups is 1. The number of hydrogen-bond donors (Lipinski definition) is 1. The summed E-state index contributed by atoms with van der Waals surface area (Å²) in [6.45, 7) is 0. The predicted molar refractivity (Wildman–Crippen MR) is 42.3 cm³/mol. The Labute approximate surface area is 69.1 Å². The molecule has 1 rings (SSSR count). The van der Waals surface area contributed by atoms with Gasteiger partial charge in [0.25, 0.3) is 0 Å². The van der Waals surface area contributed by atoms with Gasteiger partial charge in [-0.3, -0.25) is 0 Å². The lowest BCUT2D eigenvalue weighted by molar-refractivity contribution is 0.321. The van der Waals surface area contributed by atoms with Crippen LogP contribution in [0.2, 0.25) is 0 Å². The number of ether oxygens (including phenoxy) is 1. The largest absolute Gasteiger partial charge is 0.494 e. The van der Waals surface area contributed by atoms with Crippen LogP contribution in [0.3, 0.4) is 0 Å². The van der Waals surface area contributed by atoms with E-state index in [0.717, 1.165) is 6.21 Å². The molecule has 0 amide bonds. The summed E-state index contributed by atoms with van der Waals surface area (Å²) in [6.07, 6.45) is 1.01. The quantitative estimate of drug-likeness (QED) is 0.415. The minimum Gasteiger partial charge on any atom is -0.494 e. The van der Waals surface area contributed by atoms with Gasteiger partial charge in [-0.15, -0.1) is 0 Å². The number of hydrogen-bond acceptors (Lipinski definition) is 3. The van der Waals surface area contributed by atoms with Gasteiger partial charge in [0, 0.05) is 5.56 Å². The molecule has 0 aliphatic carbocycles. The Bertz CT molecular complexity index is 299. The summed E-state index contributed by atoms with van der Waals surface area (Å²) in [5, 5.41) is 10.9. The fraction of sp³-hybridized carbons (Fsp3) is 0.125. The molecule has 64 valence electrons. The molecule has 1 aromatic rings. The lowest BCUT2D eigenvalue weighted by atomic mass is 10.2. The van der Waals surface area contributed by atoms with Crippen LogP contribution >= 0.6 is 0 Å². The van der Waals surface area contributed by atoms with Crippen molar-refractivity contribution in [2.24, 2.45) is 5.16 Å². The van der Waals surface area contributed by atoms with E-state index in [4.69, 9.17) is 9.94 Å². The Morgan fingerprint density at radius 1 is 1.58 bits per heavy atom. The molecule has 1 aromatic carbocycles. The van der Waals surface area contributed by atoms with E-state index in [2.05, 4.69) is 5.16 Å². The predicted octanol–water partition coefficient (Wildman–Crippen LogP) is 1.64. The smallest absolute Gasteiger partial charge is 0.173 e. The summed E-state index contributed by atoms with van der Waals surface area (Å²) in [5.74, 6) is -0.398. The minimum absolute atomic E-state index is 0.132. The molecule has 0 aliphatic heterocycles. The summed E-state index contributed by atoms with van der Waals surface area (Å²) < 4.78 is 17.8. The average Bonchev–Trinajstić information content (AvgIpc) is 2.09. The van der Waals surface area contributed by atoms with Crippen molar-refractivity contribution < 1.29 is 14.3 Å². The minimum atomic E-state index is -0.530. The van der Waals surface area contributed by atoms with E-state index in [-0.39, 0.29) is 11.3 Å². The van der Waals surface area contributed by atoms with E-state index in [1.807, 2.05) is 0 Å². The molecule has 0 spiro atoms. The molecule has 0 aliphatic rings. The molecule has 0 bridgehead atoms. The molecule has 1 N–H and O–H groups in total. The van der Waals surface area contributed by atoms with Gasteiger partial charge in [0.1, 0.15) is 0 Å². The number of methoxy groups -OCH3 is 1. The van der Waals surface area contributed by atoms with E-state index in [1.54, 1.807) is 6.07 Å². The summed E-state index contributed by atoms with van der Waals surface area (Å²) >= 11 is 0. The zero-order valence-electron chi connectivity index (χ0n) is 6.49. The molecule has 0 heterocycles. The molecule has 0 radical (unpaired) electrons. The molecule has 12 heavy (non-hydrogen) atoms. The third-order valence-electron chi connectivity index (χ3n) is 1.41. The van der Waals surface area contributed by atoms with Crippen LogP contribution in [0.5, 0.6) is 5.75 Å². The topological polar surface area (TPSA) is 41.8 Å². The van der Waals surface area contributed by atoms with Crippen LogP contribution in [0.25, 0.3) is 0 Å². The van der Waals surface area contributed by atoms with Crippen LogP contribution in [0, 0.1) is 5.82 Å². The highest BCUT2D eigenvalue weighted by molar-refractivity contribution is 5.80. The molecule has 0 saturated heterocycles. The van der Waals surface area contributed by atoms with Crippen LogP contribution in [0.4, 0.5) is 4.39 Å². The molecular formula is C8H8FNO2. The molecule has 0 saturated carbocycles. The summed E-state index contributed by atoms with van der Waals surface area (Å²) in [7, 11) is 1.37. The van der Waals surface area contributed by atoms with Crippen LogP contribution in [-0.2, 0) is 0 Å². The fourth-order valence-electron chi connectivity index (χ4n) is 0.847. The summed E-state index contributed by atoms with van der Waals surface area (Å²) in [6, 6.07) is 4.58. The van der Waals surface area contributed by atoms with Gasteiger partial charge in [-0.05, 0) is 6.07 Å². The molecule has 3 nitrogen and oxygen atoms in total. The van der Waals surface area contributed by atoms with Gasteiger partial charge in [0.2, 0.25) is 0 Å². The van der Waals surface area contributed by atoms with E-state index < -0.39 is 5.82 Å². The highest BCUT2D eigenvalue weighted by Gasteiger charge is 2.05. The molecule has 4 heteroatoms. The first-order valence-electron chi connectivity index (χ1n) is 3.29. The second-order valence-corrected chi connectivity index (χ2v) is 2.11. The van der Waals surface area contributed by atoms with E-state index in [9.17, 15) is 4.39 Å². The first kappa shape index (κ1) is 8.52. The number of benzene rings is 1. The highest BCUT2D eigenvalue weighted by Crippen LogP contribution is 2.18. The van der Waals surface area contributed by atoms with E-state index in [0.29, 0.717) is 0 Å². The van der Waals surface area contributed by atoms with Gasteiger partial charge < -0.3 is 9.94 Å². The molecular weight excluding hydrogens is 161 g/mol. The summed E-state index contributed by atoms with van der Waals surface area (Å²) in [4.78, 5) is 0. The molecule has 0 aromatic heterocycles. The number of nitrogens with zero attached hydrogens (tertiary/aromatic N) is 1. The molecule has 0 fully saturated rings. The Balaban J connectivity index is 3.13. The zero-order valence-corrected chi connectivity index (χ0v) is 6.49. The van der Waals surface area contributed by atoms with E-state index >= 15 is 0 Å². The zero-order chi connectivity index (χ0) is 8.97. The SMILES string of the molecule is COc1cccc(/C=N\O)c1F. The Kier molecular flexibility index (Phi) is 2.63. The van der Waals surface area contributed by atoms with Crippen molar-refractivity contribution in [3.05, 3.63) is 29.6 Å². The molecule has 0 unspecified atom stereocenters. The summed E-state index contributed by atoms with van der Waals surface area (Å²) in [5.41, 5.74) is 0.192. The second kappa shape index (κ2) is 3.71. The third kappa shape index (κ3) is 1.53. The average molecular weight is 169 g/mol. The van der Waals surface area contributed by atoms with Crippen LogP contribution in [0.1, 0.15) is 5.56 Å². The number of rotatable bonds is 2. The van der Waals surface area contributed by atoms with Gasteiger partial charge in [0.15, 0.2) is 11.6 Å². The first-order valence-corrected chi connectivity index (χ1v) is 3.29. The van der Waals surface area contributed by atoms with Gasteiger partial charge in [-0.25, -0.2) is 4.39 Å². The van der Waals surface area contributed by atoms with Crippen molar-refractivity contribution in [2.75, 3.05) is 7.11 Å². The highest BCUT2D eigenvalue weighted by atomic mass is 19.1. The van der Waals surface area contributed by atoms with Crippen molar-refractivity contribution in [1.82, 2.24) is 0 Å². The fourth-order valence-corrected chi connectivity index (χ4v) is 0.847. The van der Waals surface area contributed by atoms with Crippen molar-refractivity contribution in [1.29, 1.82) is 0 Å². The third-order valence-corrected chi connectivity index (χ3v) is 1.41. The number of halogens is 1. The van der Waals surface area contributed by atoms with Crippen molar-refractivity contribution in [2.45, 2.75) is 0 Å². The Hall–Kier alpha value is -1.58. The Morgan fingerprint density at radius 2 is 2.33 bits per heavy atom. The van der Waals surface area contributed by atoms with Crippen molar-refractivity contribution in [3.8, 4) is 5.75 Å². The monoisotopic (exact) mass is 169 g/mol. The van der Waals surface area contributed by atoms with E-state index in [1.165, 1.54) is 19.2 Å². The second-order valence-electron chi connectivity index (χ2n) is 2.11. The van der Waals surface area contributed by atoms with Crippen molar-refractivity contribution >= 4 is 6.21 Å². The maximum atomic E-state index is 13.1. The maximum absolute atomic E-state index is 13.1. The van der Waals surface area contributed by atoms with Crippen LogP contribution in [0.15, 0.2) is 23.4 Å². The standard InChI is InChI=1S/C8H8FNO2/c1-12-7-4-2-3-6(5-10-11)8(7)9/h2-5,11H,1H3/b10-5-. The van der Waals surface area contributed by atoms with Gasteiger partial charge in [-0.2, -0.15) is 0 Å². The van der Waals surface area contributed by atoms with Gasteiger partial charge in [-0.1, -0.05) is 17.3 Å². The van der Waals surface area contributed by atoms with Crippen LogP contribution in [-0.4, -0.2) is 18.5 Å². The normalized spacial score (nSPS) is 10.5. The lowest BCUT2D eigenvalue weighted by Gasteiger charge is -2.02. The maximum Gasteiger partial charge on any atom is 0.173 e. The van der Waals surface area contributed by atoms with Crippen LogP contribution < -0.4 is 4.74 Å². The Morgan fingerprint density at radius 3 is 2.92 bits per heavy atom. The lowest BCUT2D eigenvalue weighted by Crippen LogP contribution is -1.93.